The summed E-state index contributed by atoms with van der Waals surface area (Å²) in [6.45, 7) is 0.130. The van der Waals surface area contributed by atoms with Crippen molar-refractivity contribution in [1.29, 1.82) is 0 Å². The van der Waals surface area contributed by atoms with Crippen LogP contribution in [0.2, 0.25) is 0 Å². The Bertz CT molecular complexity index is 368. The molecule has 3 nitrogen and oxygen atoms in total. The Balaban J connectivity index is 1.75. The monoisotopic (exact) mass is 178 g/mol. The van der Waals surface area contributed by atoms with Crippen LogP contribution < -0.4 is 0 Å². The molecule has 0 aliphatic heterocycles. The van der Waals surface area contributed by atoms with Gasteiger partial charge >= 0.3 is 5.97 Å². The predicted octanol–water partition coefficient (Wildman–Crippen LogP) is -0.199. The molecule has 68 valence electrons. The first-order chi connectivity index (χ1) is 6.24. The minimum absolute atomic E-state index is 0.117. The normalized spacial score (nSPS) is 82.2. The van der Waals surface area contributed by atoms with Crippen LogP contribution in [0.5, 0.6) is 0 Å². The highest BCUT2D eigenvalue weighted by Gasteiger charge is 3.12. The highest BCUT2D eigenvalue weighted by Crippen LogP contribution is 3.10. The van der Waals surface area contributed by atoms with E-state index >= 15 is 0 Å². The Kier molecular flexibility index (Phi) is 0.515. The van der Waals surface area contributed by atoms with E-state index in [1.54, 1.807) is 0 Å². The maximum Gasteiger partial charge on any atom is 0.310 e. The van der Waals surface area contributed by atoms with Crippen LogP contribution in [-0.2, 0) is 4.79 Å². The van der Waals surface area contributed by atoms with Gasteiger partial charge in [-0.1, -0.05) is 0 Å². The summed E-state index contributed by atoms with van der Waals surface area (Å²) in [5, 5.41) is 18.6. The maximum atomic E-state index is 11.2. The average molecular weight is 178 g/mol. The molecule has 4 unspecified atom stereocenters. The quantitative estimate of drug-likeness (QED) is 0.615. The summed E-state index contributed by atoms with van der Waals surface area (Å²) in [7, 11) is 0. The van der Waals surface area contributed by atoms with Crippen molar-refractivity contribution in [2.75, 3.05) is 6.61 Å². The SMILES string of the molecule is O=C(O)C12C3C4C5C3C1(CO)C5C42. The number of carbonyl (C=O) groups is 1. The van der Waals surface area contributed by atoms with Crippen molar-refractivity contribution >= 4 is 5.97 Å². The molecule has 13 heavy (non-hydrogen) atoms. The minimum atomic E-state index is -0.613. The van der Waals surface area contributed by atoms with E-state index in [4.69, 9.17) is 0 Å². The van der Waals surface area contributed by atoms with E-state index in [0.29, 0.717) is 23.7 Å². The lowest BCUT2D eigenvalue weighted by molar-refractivity contribution is -0.648. The number of carboxylic acid groups (broad SMARTS) is 1. The smallest absolute Gasteiger partial charge is 0.310 e. The number of carboxylic acids is 1. The Hall–Kier alpha value is -0.570. The van der Waals surface area contributed by atoms with Gasteiger partial charge in [-0.25, -0.2) is 0 Å². The highest BCUT2D eigenvalue weighted by molar-refractivity contribution is 5.87. The van der Waals surface area contributed by atoms with Crippen LogP contribution in [0.1, 0.15) is 0 Å². The summed E-state index contributed by atoms with van der Waals surface area (Å²) in [4.78, 5) is 11.2. The van der Waals surface area contributed by atoms with Gasteiger partial charge in [-0.2, -0.15) is 0 Å². The molecule has 6 aliphatic rings. The van der Waals surface area contributed by atoms with Gasteiger partial charge in [0, 0.05) is 5.41 Å². The number of hydrogen-bond acceptors (Lipinski definition) is 2. The Morgan fingerprint density at radius 1 is 1.15 bits per heavy atom. The molecule has 0 radical (unpaired) electrons. The van der Waals surface area contributed by atoms with Crippen molar-refractivity contribution in [2.45, 2.75) is 0 Å². The van der Waals surface area contributed by atoms with Crippen LogP contribution in [0, 0.1) is 46.3 Å². The fourth-order valence-corrected chi connectivity index (χ4v) is 6.59. The van der Waals surface area contributed by atoms with Crippen LogP contribution in [0.3, 0.4) is 0 Å². The van der Waals surface area contributed by atoms with Crippen LogP contribution in [0.25, 0.3) is 0 Å². The van der Waals surface area contributed by atoms with Crippen molar-refractivity contribution in [1.82, 2.24) is 0 Å². The van der Waals surface area contributed by atoms with Crippen LogP contribution >= 0.6 is 0 Å². The number of rotatable bonds is 2. The molecule has 0 saturated heterocycles. The summed E-state index contributed by atoms with van der Waals surface area (Å²) in [5.41, 5.74) is -0.538. The zero-order valence-electron chi connectivity index (χ0n) is 6.97. The van der Waals surface area contributed by atoms with Gasteiger partial charge in [0.25, 0.3) is 0 Å². The van der Waals surface area contributed by atoms with Crippen LogP contribution in [-0.4, -0.2) is 22.8 Å². The van der Waals surface area contributed by atoms with E-state index in [1.165, 1.54) is 0 Å². The minimum Gasteiger partial charge on any atom is -0.481 e. The third-order valence-electron chi connectivity index (χ3n) is 6.50. The molecule has 0 bridgehead atoms. The first-order valence-corrected chi connectivity index (χ1v) is 5.09. The van der Waals surface area contributed by atoms with Crippen molar-refractivity contribution < 1.29 is 15.0 Å². The van der Waals surface area contributed by atoms with E-state index in [-0.39, 0.29) is 12.0 Å². The Morgan fingerprint density at radius 2 is 1.69 bits per heavy atom. The Morgan fingerprint density at radius 3 is 2.08 bits per heavy atom. The lowest BCUT2D eigenvalue weighted by Gasteiger charge is -3.10. The summed E-state index contributed by atoms with van der Waals surface area (Å²) >= 11 is 0. The van der Waals surface area contributed by atoms with Gasteiger partial charge in [-0.15, -0.1) is 0 Å². The van der Waals surface area contributed by atoms with Crippen LogP contribution in [0.4, 0.5) is 0 Å². The van der Waals surface area contributed by atoms with E-state index in [9.17, 15) is 15.0 Å². The molecular weight excluding hydrogens is 168 g/mol. The summed E-state index contributed by atoms with van der Waals surface area (Å²) in [6.07, 6.45) is 0. The number of aliphatic hydroxyl groups is 1. The topological polar surface area (TPSA) is 57.5 Å². The molecule has 6 rings (SSSR count). The molecule has 0 aromatic carbocycles. The molecule has 2 N–H and O–H groups in total. The molecule has 0 heterocycles. The molecule has 6 fully saturated rings. The van der Waals surface area contributed by atoms with E-state index < -0.39 is 11.4 Å². The first kappa shape index (κ1) is 6.02. The van der Waals surface area contributed by atoms with Gasteiger partial charge in [0.1, 0.15) is 0 Å². The summed E-state index contributed by atoms with van der Waals surface area (Å²) in [6, 6.07) is 0. The second-order valence-corrected chi connectivity index (χ2v) is 5.63. The molecule has 0 aromatic rings. The average Bonchev–Trinajstić information content (AvgIpc) is 2.16. The zero-order valence-corrected chi connectivity index (χ0v) is 6.97. The predicted molar refractivity (Wildman–Crippen MR) is 40.5 cm³/mol. The van der Waals surface area contributed by atoms with E-state index in [1.807, 2.05) is 0 Å². The molecular formula is C10H10O3. The van der Waals surface area contributed by atoms with Gasteiger partial charge in [-0.05, 0) is 35.5 Å². The van der Waals surface area contributed by atoms with Gasteiger partial charge < -0.3 is 10.2 Å². The van der Waals surface area contributed by atoms with Gasteiger partial charge in [0.05, 0.1) is 12.0 Å². The lowest BCUT2D eigenvalue weighted by Crippen LogP contribution is -3.12. The van der Waals surface area contributed by atoms with Crippen molar-refractivity contribution in [3.8, 4) is 0 Å². The van der Waals surface area contributed by atoms with Gasteiger partial charge in [0.2, 0.25) is 0 Å². The number of aliphatic hydroxyl groups excluding tert-OH is 1. The lowest BCUT2D eigenvalue weighted by atomic mass is 8.92. The Labute approximate surface area is 74.7 Å². The summed E-state index contributed by atoms with van der Waals surface area (Å²) in [5.74, 6) is 3.22. The van der Waals surface area contributed by atoms with Crippen molar-refractivity contribution in [3.05, 3.63) is 0 Å². The first-order valence-electron chi connectivity index (χ1n) is 5.09. The number of aliphatic carboxylic acids is 1. The van der Waals surface area contributed by atoms with Crippen LogP contribution in [0.15, 0.2) is 0 Å². The second kappa shape index (κ2) is 1.11. The standard InChI is InChI=1S/C10H10O3/c11-1-9-4-2-3-6(4)10(9,8(12)13)7(3)5(2)9/h2-7,11H,1H2,(H,12,13). The highest BCUT2D eigenvalue weighted by atomic mass is 16.4. The van der Waals surface area contributed by atoms with Crippen molar-refractivity contribution in [3.63, 3.8) is 0 Å². The van der Waals surface area contributed by atoms with Crippen molar-refractivity contribution in [2.24, 2.45) is 46.3 Å². The fourth-order valence-electron chi connectivity index (χ4n) is 6.59. The molecule has 3 heteroatoms. The molecule has 0 spiro atoms. The molecule has 6 aliphatic carbocycles. The van der Waals surface area contributed by atoms with Gasteiger partial charge in [-0.3, -0.25) is 4.79 Å². The molecule has 6 saturated carbocycles. The van der Waals surface area contributed by atoms with E-state index in [2.05, 4.69) is 0 Å². The third kappa shape index (κ3) is 0.211. The van der Waals surface area contributed by atoms with Gasteiger partial charge in [0.15, 0.2) is 0 Å². The summed E-state index contributed by atoms with van der Waals surface area (Å²) < 4.78 is 0. The second-order valence-electron chi connectivity index (χ2n) is 5.63. The molecule has 0 amide bonds. The number of hydrogen-bond donors (Lipinski definition) is 2. The largest absolute Gasteiger partial charge is 0.481 e. The molecule has 4 atom stereocenters. The third-order valence-corrected chi connectivity index (χ3v) is 6.50. The fraction of sp³-hybridized carbons (Fsp3) is 0.900. The maximum absolute atomic E-state index is 11.2. The zero-order chi connectivity index (χ0) is 8.75. The van der Waals surface area contributed by atoms with E-state index in [0.717, 1.165) is 11.8 Å². The molecule has 0 aromatic heterocycles.